The van der Waals surface area contributed by atoms with Crippen LogP contribution in [0.25, 0.3) is 0 Å². The van der Waals surface area contributed by atoms with E-state index in [2.05, 4.69) is 0 Å². The van der Waals surface area contributed by atoms with Crippen molar-refractivity contribution in [2.24, 2.45) is 0 Å². The van der Waals surface area contributed by atoms with Crippen LogP contribution in [0.4, 0.5) is 0 Å². The zero-order chi connectivity index (χ0) is 24.0. The van der Waals surface area contributed by atoms with Gasteiger partial charge in [0.25, 0.3) is 0 Å². The van der Waals surface area contributed by atoms with Gasteiger partial charge in [0.2, 0.25) is 23.6 Å². The smallest absolute Gasteiger partial charge is 0.330 e. The molecule has 2 rings (SSSR count). The molecule has 32 heavy (non-hydrogen) atoms. The molecule has 0 aromatic carbocycles. The number of ether oxygens (including phenoxy) is 2. The molecule has 2 unspecified atom stereocenters. The summed E-state index contributed by atoms with van der Waals surface area (Å²) in [7, 11) is 0. The van der Waals surface area contributed by atoms with E-state index in [9.17, 15) is 43.5 Å². The lowest BCUT2D eigenvalue weighted by atomic mass is 10.2. The standard InChI is InChI=1S/C18H20N2O12/c21-11-1-2-12(22)19(11)9(7-15(25)26)17(29)31-5-6-32-18(30)10(8-16(27)28)20-13(23)3-4-14(20)24/h9-10H,1-8H2,(H,25,26)(H,27,28)/p-1. The Kier molecular flexibility index (Phi) is 7.98. The van der Waals surface area contributed by atoms with Crippen molar-refractivity contribution in [2.75, 3.05) is 13.2 Å². The van der Waals surface area contributed by atoms with Gasteiger partial charge >= 0.3 is 17.9 Å². The highest BCUT2D eigenvalue weighted by Gasteiger charge is 2.41. The molecule has 14 nitrogen and oxygen atoms in total. The number of carbonyl (C=O) groups excluding carboxylic acids is 7. The highest BCUT2D eigenvalue weighted by atomic mass is 16.6. The Morgan fingerprint density at radius 1 is 0.750 bits per heavy atom. The third-order valence-electron chi connectivity index (χ3n) is 4.65. The Morgan fingerprint density at radius 3 is 1.41 bits per heavy atom. The number of likely N-dealkylation sites (tertiary alicyclic amines) is 2. The van der Waals surface area contributed by atoms with Crippen LogP contribution in [0.3, 0.4) is 0 Å². The molecule has 0 aromatic heterocycles. The normalized spacial score (nSPS) is 18.0. The Morgan fingerprint density at radius 2 is 1.09 bits per heavy atom. The molecule has 0 spiro atoms. The second-order valence-corrected chi connectivity index (χ2v) is 6.86. The van der Waals surface area contributed by atoms with E-state index in [0.29, 0.717) is 9.80 Å². The largest absolute Gasteiger partial charge is 0.550 e. The minimum Gasteiger partial charge on any atom is -0.550 e. The number of hydrogen-bond donors (Lipinski definition) is 1. The van der Waals surface area contributed by atoms with Crippen LogP contribution in [0.1, 0.15) is 38.5 Å². The van der Waals surface area contributed by atoms with E-state index in [4.69, 9.17) is 14.6 Å². The van der Waals surface area contributed by atoms with Gasteiger partial charge < -0.3 is 24.5 Å². The van der Waals surface area contributed by atoms with E-state index in [-0.39, 0.29) is 25.7 Å². The van der Waals surface area contributed by atoms with Gasteiger partial charge in [0.15, 0.2) is 0 Å². The zero-order valence-corrected chi connectivity index (χ0v) is 16.6. The zero-order valence-electron chi connectivity index (χ0n) is 16.6. The topological polar surface area (TPSA) is 205 Å². The number of carboxylic acids is 2. The third kappa shape index (κ3) is 5.86. The fourth-order valence-corrected chi connectivity index (χ4v) is 3.24. The summed E-state index contributed by atoms with van der Waals surface area (Å²) in [5.41, 5.74) is 0. The Hall–Kier alpha value is -3.84. The summed E-state index contributed by atoms with van der Waals surface area (Å²) in [5, 5.41) is 19.9. The van der Waals surface area contributed by atoms with Gasteiger partial charge in [0, 0.05) is 38.1 Å². The van der Waals surface area contributed by atoms with Crippen molar-refractivity contribution in [2.45, 2.75) is 50.6 Å². The van der Waals surface area contributed by atoms with Crippen LogP contribution >= 0.6 is 0 Å². The van der Waals surface area contributed by atoms with E-state index in [0.717, 1.165) is 0 Å². The van der Waals surface area contributed by atoms with Gasteiger partial charge in [0.1, 0.15) is 25.3 Å². The minimum absolute atomic E-state index is 0.173. The fraction of sp³-hybridized carbons (Fsp3) is 0.556. The molecule has 0 bridgehead atoms. The summed E-state index contributed by atoms with van der Waals surface area (Å²) >= 11 is 0. The maximum absolute atomic E-state index is 12.2. The van der Waals surface area contributed by atoms with Crippen molar-refractivity contribution in [3.8, 4) is 0 Å². The van der Waals surface area contributed by atoms with Gasteiger partial charge in [-0.15, -0.1) is 0 Å². The molecule has 2 aliphatic rings. The van der Waals surface area contributed by atoms with E-state index in [1.54, 1.807) is 0 Å². The number of amides is 4. The lowest BCUT2D eigenvalue weighted by molar-refractivity contribution is -0.306. The van der Waals surface area contributed by atoms with Crippen molar-refractivity contribution < 1.29 is 58.0 Å². The predicted molar refractivity (Wildman–Crippen MR) is 93.5 cm³/mol. The molecule has 14 heteroatoms. The third-order valence-corrected chi connectivity index (χ3v) is 4.65. The number of rotatable bonds is 11. The molecule has 4 amide bonds. The summed E-state index contributed by atoms with van der Waals surface area (Å²) in [6.45, 7) is -1.26. The van der Waals surface area contributed by atoms with Gasteiger partial charge in [0.05, 0.1) is 6.42 Å². The molecular weight excluding hydrogens is 436 g/mol. The van der Waals surface area contributed by atoms with Crippen LogP contribution in [-0.2, 0) is 47.8 Å². The van der Waals surface area contributed by atoms with Crippen molar-refractivity contribution in [3.05, 3.63) is 0 Å². The van der Waals surface area contributed by atoms with Gasteiger partial charge in [-0.25, -0.2) is 9.59 Å². The highest BCUT2D eigenvalue weighted by Crippen LogP contribution is 2.20. The first kappa shape index (κ1) is 24.4. The fourth-order valence-electron chi connectivity index (χ4n) is 3.24. The SMILES string of the molecule is O=C([O-])CC(C(=O)OCCOC(=O)C(CC(=O)O)N1C(=O)CCC1=O)N1C(=O)CCC1=O. The molecule has 2 aliphatic heterocycles. The summed E-state index contributed by atoms with van der Waals surface area (Å²) in [4.78, 5) is 94.5. The van der Waals surface area contributed by atoms with Gasteiger partial charge in [-0.3, -0.25) is 33.8 Å². The predicted octanol–water partition coefficient (Wildman–Crippen LogP) is -3.28. The van der Waals surface area contributed by atoms with Crippen molar-refractivity contribution >= 4 is 47.5 Å². The molecule has 0 aliphatic carbocycles. The van der Waals surface area contributed by atoms with E-state index < -0.39 is 85.6 Å². The molecule has 0 aromatic rings. The number of nitrogens with zero attached hydrogens (tertiary/aromatic N) is 2. The first-order chi connectivity index (χ1) is 15.0. The van der Waals surface area contributed by atoms with E-state index >= 15 is 0 Å². The number of hydrogen-bond acceptors (Lipinski definition) is 11. The molecule has 2 fully saturated rings. The van der Waals surface area contributed by atoms with Gasteiger partial charge in [-0.1, -0.05) is 0 Å². The molecular formula is C18H19N2O12-. The molecule has 1 N–H and O–H groups in total. The lowest BCUT2D eigenvalue weighted by Gasteiger charge is -2.25. The van der Waals surface area contributed by atoms with Crippen molar-refractivity contribution in [1.82, 2.24) is 9.80 Å². The van der Waals surface area contributed by atoms with Gasteiger partial charge in [-0.05, 0) is 0 Å². The van der Waals surface area contributed by atoms with Crippen molar-refractivity contribution in [1.29, 1.82) is 0 Å². The quantitative estimate of drug-likeness (QED) is 0.185. The number of carbonyl (C=O) groups is 8. The molecule has 174 valence electrons. The van der Waals surface area contributed by atoms with Crippen LogP contribution in [0.2, 0.25) is 0 Å². The van der Waals surface area contributed by atoms with Crippen LogP contribution in [0, 0.1) is 0 Å². The molecule has 2 atom stereocenters. The Labute approximate surface area is 180 Å². The highest BCUT2D eigenvalue weighted by molar-refractivity contribution is 6.06. The van der Waals surface area contributed by atoms with E-state index in [1.165, 1.54) is 0 Å². The maximum atomic E-state index is 12.2. The second kappa shape index (κ2) is 10.5. The average molecular weight is 455 g/mol. The lowest BCUT2D eigenvalue weighted by Crippen LogP contribution is -2.48. The average Bonchev–Trinajstić information content (AvgIpc) is 3.21. The first-order valence-corrected chi connectivity index (χ1v) is 9.47. The molecule has 2 saturated heterocycles. The van der Waals surface area contributed by atoms with Crippen LogP contribution in [0.15, 0.2) is 0 Å². The second-order valence-electron chi connectivity index (χ2n) is 6.86. The Bertz CT molecular complexity index is 764. The molecule has 0 radical (unpaired) electrons. The van der Waals surface area contributed by atoms with Crippen LogP contribution < -0.4 is 5.11 Å². The summed E-state index contributed by atoms with van der Waals surface area (Å²) in [5.74, 6) is -8.59. The number of aliphatic carboxylic acids is 2. The summed E-state index contributed by atoms with van der Waals surface area (Å²) in [6, 6.07) is -3.45. The van der Waals surface area contributed by atoms with Crippen LogP contribution in [0.5, 0.6) is 0 Å². The summed E-state index contributed by atoms with van der Waals surface area (Å²) in [6.07, 6.45) is -2.60. The van der Waals surface area contributed by atoms with Crippen LogP contribution in [-0.4, -0.2) is 87.7 Å². The van der Waals surface area contributed by atoms with E-state index in [1.807, 2.05) is 0 Å². The number of carboxylic acid groups (broad SMARTS) is 2. The Balaban J connectivity index is 1.94. The maximum Gasteiger partial charge on any atom is 0.330 e. The monoisotopic (exact) mass is 455 g/mol. The van der Waals surface area contributed by atoms with Gasteiger partial charge in [-0.2, -0.15) is 0 Å². The summed E-state index contributed by atoms with van der Waals surface area (Å²) < 4.78 is 9.57. The molecule has 2 heterocycles. The first-order valence-electron chi connectivity index (χ1n) is 9.47. The number of esters is 2. The minimum atomic E-state index is -1.75. The number of imide groups is 2. The molecule has 0 saturated carbocycles. The van der Waals surface area contributed by atoms with Crippen molar-refractivity contribution in [3.63, 3.8) is 0 Å².